The van der Waals surface area contributed by atoms with Crippen LogP contribution in [0.1, 0.15) is 24.7 Å². The average molecular weight is 302 g/mol. The largest absolute Gasteiger partial charge is 0.340 e. The van der Waals surface area contributed by atoms with E-state index < -0.39 is 0 Å². The van der Waals surface area contributed by atoms with Crippen LogP contribution in [-0.4, -0.2) is 27.3 Å². The smallest absolute Gasteiger partial charge is 0.246 e. The molecule has 1 saturated heterocycles. The summed E-state index contributed by atoms with van der Waals surface area (Å²) in [6, 6.07) is 7.60. The lowest BCUT2D eigenvalue weighted by molar-refractivity contribution is -0.127. The minimum Gasteiger partial charge on any atom is -0.340 e. The molecule has 1 aromatic heterocycles. The maximum Gasteiger partial charge on any atom is 0.246 e. The Kier molecular flexibility index (Phi) is 3.80. The lowest BCUT2D eigenvalue weighted by Gasteiger charge is -2.21. The predicted molar refractivity (Wildman–Crippen MR) is 82.9 cm³/mol. The van der Waals surface area contributed by atoms with Crippen molar-refractivity contribution in [1.29, 1.82) is 0 Å². The van der Waals surface area contributed by atoms with Crippen LogP contribution >= 0.6 is 11.6 Å². The van der Waals surface area contributed by atoms with E-state index in [1.165, 1.54) is 6.08 Å². The number of carbonyl (C=O) groups excluding carboxylic acids is 1. The Morgan fingerprint density at radius 2 is 2.19 bits per heavy atom. The third kappa shape index (κ3) is 2.72. The number of hydrogen-bond acceptors (Lipinski definition) is 2. The van der Waals surface area contributed by atoms with Gasteiger partial charge in [-0.15, -0.1) is 0 Å². The summed E-state index contributed by atoms with van der Waals surface area (Å²) in [5.41, 5.74) is 1.96. The summed E-state index contributed by atoms with van der Waals surface area (Å²) in [7, 11) is 0. The average Bonchev–Trinajstić information content (AvgIpc) is 3.15. The fourth-order valence-corrected chi connectivity index (χ4v) is 2.84. The predicted octanol–water partition coefficient (Wildman–Crippen LogP) is 3.58. The van der Waals surface area contributed by atoms with Crippen LogP contribution in [-0.2, 0) is 4.79 Å². The highest BCUT2D eigenvalue weighted by atomic mass is 35.5. The minimum atomic E-state index is -0.0399. The summed E-state index contributed by atoms with van der Waals surface area (Å²) in [5, 5.41) is 0.706. The Hall–Kier alpha value is -2.07. The fraction of sp³-hybridized carbons (Fsp3) is 0.250. The molecule has 2 aromatic rings. The summed E-state index contributed by atoms with van der Waals surface area (Å²) in [6.45, 7) is 4.32. The maximum absolute atomic E-state index is 11.9. The molecule has 1 aromatic carbocycles. The molecule has 1 N–H and O–H groups in total. The number of nitrogens with one attached hydrogen (secondary N) is 1. The van der Waals surface area contributed by atoms with Gasteiger partial charge in [0, 0.05) is 11.6 Å². The van der Waals surface area contributed by atoms with Crippen molar-refractivity contribution in [3.8, 4) is 11.3 Å². The van der Waals surface area contributed by atoms with Gasteiger partial charge in [-0.05, 0) is 36.6 Å². The molecule has 0 radical (unpaired) electrons. The minimum absolute atomic E-state index is 0.0107. The Labute approximate surface area is 128 Å². The second kappa shape index (κ2) is 5.74. The molecule has 1 amide bonds. The van der Waals surface area contributed by atoms with Crippen molar-refractivity contribution in [3.63, 3.8) is 0 Å². The number of halogens is 1. The molecule has 2 heterocycles. The first-order valence-electron chi connectivity index (χ1n) is 6.93. The number of imidazole rings is 1. The Morgan fingerprint density at radius 1 is 1.43 bits per heavy atom. The van der Waals surface area contributed by atoms with Crippen molar-refractivity contribution < 1.29 is 4.79 Å². The van der Waals surface area contributed by atoms with Gasteiger partial charge < -0.3 is 9.88 Å². The molecule has 1 fully saturated rings. The lowest BCUT2D eigenvalue weighted by atomic mass is 10.2. The third-order valence-corrected chi connectivity index (χ3v) is 4.03. The van der Waals surface area contributed by atoms with E-state index in [-0.39, 0.29) is 11.9 Å². The summed E-state index contributed by atoms with van der Waals surface area (Å²) in [5.74, 6) is 0.787. The first-order valence-corrected chi connectivity index (χ1v) is 7.30. The number of rotatable bonds is 3. The van der Waals surface area contributed by atoms with Crippen LogP contribution in [0, 0.1) is 0 Å². The summed E-state index contributed by atoms with van der Waals surface area (Å²) >= 11 is 5.90. The van der Waals surface area contributed by atoms with Gasteiger partial charge in [-0.25, -0.2) is 4.98 Å². The molecule has 1 atom stereocenters. The van der Waals surface area contributed by atoms with Gasteiger partial charge in [-0.2, -0.15) is 0 Å². The van der Waals surface area contributed by atoms with Gasteiger partial charge >= 0.3 is 0 Å². The van der Waals surface area contributed by atoms with Gasteiger partial charge in [0.2, 0.25) is 5.91 Å². The standard InChI is InChI=1S/C16H16ClN3O/c1-2-15(21)20-9-3-4-14(20)16-18-10-13(19-16)11-5-7-12(17)8-6-11/h2,5-8,10,14H,1,3-4,9H2,(H,18,19). The highest BCUT2D eigenvalue weighted by molar-refractivity contribution is 6.30. The van der Waals surface area contributed by atoms with Crippen molar-refractivity contribution in [2.45, 2.75) is 18.9 Å². The molecular formula is C16H16ClN3O. The van der Waals surface area contributed by atoms with Gasteiger partial charge in [-0.3, -0.25) is 4.79 Å². The number of amides is 1. The molecule has 0 spiro atoms. The van der Waals surface area contributed by atoms with Crippen LogP contribution in [0.2, 0.25) is 5.02 Å². The number of carbonyl (C=O) groups is 1. The number of aromatic nitrogens is 2. The van der Waals surface area contributed by atoms with Crippen LogP contribution in [0.25, 0.3) is 11.3 Å². The highest BCUT2D eigenvalue weighted by Gasteiger charge is 2.30. The van der Waals surface area contributed by atoms with Crippen molar-refractivity contribution >= 4 is 17.5 Å². The van der Waals surface area contributed by atoms with E-state index in [0.717, 1.165) is 36.5 Å². The molecule has 0 aliphatic carbocycles. The number of H-pyrrole nitrogens is 1. The van der Waals surface area contributed by atoms with E-state index in [1.807, 2.05) is 29.2 Å². The first-order chi connectivity index (χ1) is 10.2. The zero-order valence-corrected chi connectivity index (χ0v) is 12.3. The van der Waals surface area contributed by atoms with Gasteiger partial charge in [0.05, 0.1) is 17.9 Å². The van der Waals surface area contributed by atoms with Crippen LogP contribution < -0.4 is 0 Å². The number of aromatic amines is 1. The molecule has 21 heavy (non-hydrogen) atoms. The topological polar surface area (TPSA) is 49.0 Å². The summed E-state index contributed by atoms with van der Waals surface area (Å²) < 4.78 is 0. The van der Waals surface area contributed by atoms with Gasteiger partial charge in [0.15, 0.2) is 0 Å². The van der Waals surface area contributed by atoms with Crippen molar-refractivity contribution in [1.82, 2.24) is 14.9 Å². The molecule has 5 heteroatoms. The van der Waals surface area contributed by atoms with E-state index in [0.29, 0.717) is 5.02 Å². The molecule has 1 unspecified atom stereocenters. The molecule has 4 nitrogen and oxygen atoms in total. The van der Waals surface area contributed by atoms with Crippen molar-refractivity contribution in [2.75, 3.05) is 6.54 Å². The zero-order chi connectivity index (χ0) is 14.8. The van der Waals surface area contributed by atoms with Gasteiger partial charge in [-0.1, -0.05) is 30.3 Å². The molecule has 0 bridgehead atoms. The van der Waals surface area contributed by atoms with E-state index in [4.69, 9.17) is 11.6 Å². The molecule has 3 rings (SSSR count). The third-order valence-electron chi connectivity index (χ3n) is 3.78. The van der Waals surface area contributed by atoms with E-state index in [9.17, 15) is 4.79 Å². The number of likely N-dealkylation sites (tertiary alicyclic amines) is 1. The number of benzene rings is 1. The van der Waals surface area contributed by atoms with Crippen LogP contribution in [0.15, 0.2) is 43.1 Å². The van der Waals surface area contributed by atoms with Crippen LogP contribution in [0.3, 0.4) is 0 Å². The lowest BCUT2D eigenvalue weighted by Crippen LogP contribution is -2.29. The highest BCUT2D eigenvalue weighted by Crippen LogP contribution is 2.31. The molecule has 1 aliphatic heterocycles. The van der Waals surface area contributed by atoms with Crippen molar-refractivity contribution in [2.24, 2.45) is 0 Å². The normalized spacial score (nSPS) is 18.0. The number of hydrogen-bond donors (Lipinski definition) is 1. The van der Waals surface area contributed by atoms with E-state index >= 15 is 0 Å². The number of nitrogens with zero attached hydrogens (tertiary/aromatic N) is 2. The van der Waals surface area contributed by atoms with Crippen molar-refractivity contribution in [3.05, 3.63) is 54.0 Å². The zero-order valence-electron chi connectivity index (χ0n) is 11.6. The molecular weight excluding hydrogens is 286 g/mol. The molecule has 1 aliphatic rings. The van der Waals surface area contributed by atoms with Gasteiger partial charge in [0.1, 0.15) is 5.82 Å². The Balaban J connectivity index is 1.86. The quantitative estimate of drug-likeness (QED) is 0.881. The summed E-state index contributed by atoms with van der Waals surface area (Å²) in [6.07, 6.45) is 5.07. The maximum atomic E-state index is 11.9. The van der Waals surface area contributed by atoms with E-state index in [2.05, 4.69) is 16.5 Å². The van der Waals surface area contributed by atoms with Gasteiger partial charge in [0.25, 0.3) is 0 Å². The SMILES string of the molecule is C=CC(=O)N1CCCC1c1ncc(-c2ccc(Cl)cc2)[nH]1. The fourth-order valence-electron chi connectivity index (χ4n) is 2.71. The molecule has 108 valence electrons. The van der Waals surface area contributed by atoms with Crippen LogP contribution in [0.5, 0.6) is 0 Å². The Morgan fingerprint density at radius 3 is 2.90 bits per heavy atom. The second-order valence-electron chi connectivity index (χ2n) is 5.08. The monoisotopic (exact) mass is 301 g/mol. The Bertz CT molecular complexity index is 662. The second-order valence-corrected chi connectivity index (χ2v) is 5.52. The molecule has 0 saturated carbocycles. The van der Waals surface area contributed by atoms with Crippen LogP contribution in [0.4, 0.5) is 0 Å². The first kappa shape index (κ1) is 13.9. The summed E-state index contributed by atoms with van der Waals surface area (Å²) in [4.78, 5) is 21.4. The van der Waals surface area contributed by atoms with E-state index in [1.54, 1.807) is 6.20 Å².